The Bertz CT molecular complexity index is 3310. The summed E-state index contributed by atoms with van der Waals surface area (Å²) < 4.78 is 86.1. The molecule has 46 heavy (non-hydrogen) atoms. The van der Waals surface area contributed by atoms with Gasteiger partial charge in [-0.25, -0.2) is 0 Å². The lowest BCUT2D eigenvalue weighted by atomic mass is 9.81. The van der Waals surface area contributed by atoms with Crippen molar-refractivity contribution in [2.75, 3.05) is 0 Å². The molecule has 0 spiro atoms. The van der Waals surface area contributed by atoms with E-state index in [1.165, 1.54) is 0 Å². The standard InChI is InChI=1S/C46H28/c1-3-11-29(12-4-1)34-24-20-32-22-26-39-40(27-23-33-21-25-38(34)43(32)44(33)39)46-37-18-10-9-17-36(37)42(31-14-5-2-6-15-31)41-28-19-30-13-7-8-16-35(30)45(41)46/h1-28H/i1D,2D,3D,4D,5D,6D,11D,12D,14D,15D. The zero-order chi connectivity index (χ0) is 38.9. The molecule has 0 amide bonds. The van der Waals surface area contributed by atoms with Gasteiger partial charge in [0.15, 0.2) is 0 Å². The van der Waals surface area contributed by atoms with Gasteiger partial charge in [0.05, 0.1) is 13.7 Å². The molecule has 10 rings (SSSR count). The molecule has 0 aliphatic rings. The van der Waals surface area contributed by atoms with Crippen LogP contribution in [0.5, 0.6) is 0 Å². The van der Waals surface area contributed by atoms with Gasteiger partial charge >= 0.3 is 0 Å². The van der Waals surface area contributed by atoms with E-state index in [1.54, 1.807) is 0 Å². The Labute approximate surface area is 281 Å². The molecule has 0 aliphatic carbocycles. The third-order valence-electron chi connectivity index (χ3n) is 9.37. The molecule has 10 aromatic rings. The smallest absolute Gasteiger partial charge is 0.0622 e. The molecule has 0 nitrogen and oxygen atoms in total. The van der Waals surface area contributed by atoms with Crippen molar-refractivity contribution in [1.29, 1.82) is 0 Å². The lowest BCUT2D eigenvalue weighted by molar-refractivity contribution is 1.66. The summed E-state index contributed by atoms with van der Waals surface area (Å²) in [5, 5.41) is 10.7. The number of benzene rings is 10. The van der Waals surface area contributed by atoms with Crippen LogP contribution >= 0.6 is 0 Å². The molecule has 0 fully saturated rings. The predicted molar refractivity (Wildman–Crippen MR) is 199 cm³/mol. The molecule has 0 saturated heterocycles. The largest absolute Gasteiger partial charge is 0.0629 e. The van der Waals surface area contributed by atoms with Crippen molar-refractivity contribution in [3.8, 4) is 33.4 Å². The summed E-state index contributed by atoms with van der Waals surface area (Å²) in [5.41, 5.74) is 3.30. The highest BCUT2D eigenvalue weighted by Gasteiger charge is 2.21. The Morgan fingerprint density at radius 2 is 0.804 bits per heavy atom. The van der Waals surface area contributed by atoms with E-state index < -0.39 is 24.2 Å². The van der Waals surface area contributed by atoms with Crippen LogP contribution in [0.25, 0.3) is 98.0 Å². The second-order valence-electron chi connectivity index (χ2n) is 11.7. The average molecular weight is 591 g/mol. The Morgan fingerprint density at radius 1 is 0.304 bits per heavy atom. The molecule has 0 saturated carbocycles. The monoisotopic (exact) mass is 590 g/mol. The van der Waals surface area contributed by atoms with Crippen LogP contribution in [0.4, 0.5) is 0 Å². The first-order valence-corrected chi connectivity index (χ1v) is 15.2. The first-order valence-electron chi connectivity index (χ1n) is 20.2. The van der Waals surface area contributed by atoms with Gasteiger partial charge in [0.2, 0.25) is 0 Å². The van der Waals surface area contributed by atoms with E-state index >= 15 is 0 Å². The van der Waals surface area contributed by atoms with Crippen LogP contribution in [-0.4, -0.2) is 0 Å². The first-order chi connectivity index (χ1) is 27.0. The van der Waals surface area contributed by atoms with Crippen LogP contribution in [0.15, 0.2) is 170 Å². The molecule has 0 N–H and O–H groups in total. The van der Waals surface area contributed by atoms with Crippen molar-refractivity contribution in [2.24, 2.45) is 0 Å². The summed E-state index contributed by atoms with van der Waals surface area (Å²) in [4.78, 5) is 0. The Balaban J connectivity index is 1.38. The minimum absolute atomic E-state index is 0.148. The highest BCUT2D eigenvalue weighted by Crippen LogP contribution is 2.49. The minimum Gasteiger partial charge on any atom is -0.0622 e. The third-order valence-corrected chi connectivity index (χ3v) is 9.37. The van der Waals surface area contributed by atoms with Crippen molar-refractivity contribution >= 4 is 64.6 Å². The van der Waals surface area contributed by atoms with Gasteiger partial charge in [0.1, 0.15) is 0 Å². The Morgan fingerprint density at radius 3 is 1.50 bits per heavy atom. The summed E-state index contributed by atoms with van der Waals surface area (Å²) in [7, 11) is 0. The fourth-order valence-corrected chi connectivity index (χ4v) is 7.49. The molecule has 0 bridgehead atoms. The molecule has 0 unspecified atom stereocenters. The van der Waals surface area contributed by atoms with Gasteiger partial charge in [-0.1, -0.05) is 170 Å². The van der Waals surface area contributed by atoms with Crippen molar-refractivity contribution in [2.45, 2.75) is 0 Å². The van der Waals surface area contributed by atoms with E-state index in [-0.39, 0.29) is 47.4 Å². The zero-order valence-electron chi connectivity index (χ0n) is 34.4. The summed E-state index contributed by atoms with van der Waals surface area (Å²) in [6.45, 7) is 0. The van der Waals surface area contributed by atoms with Crippen molar-refractivity contribution in [3.05, 3.63) is 170 Å². The fraction of sp³-hybridized carbons (Fsp3) is 0. The average Bonchev–Trinajstić information content (AvgIpc) is 3.22. The summed E-state index contributed by atoms with van der Waals surface area (Å²) in [5.74, 6) is 0. The fourth-order valence-electron chi connectivity index (χ4n) is 7.49. The van der Waals surface area contributed by atoms with Crippen LogP contribution < -0.4 is 0 Å². The number of hydrogen-bond acceptors (Lipinski definition) is 0. The molecule has 0 aromatic heterocycles. The van der Waals surface area contributed by atoms with Gasteiger partial charge in [-0.2, -0.15) is 0 Å². The third kappa shape index (κ3) is 3.56. The van der Waals surface area contributed by atoms with Crippen molar-refractivity contribution < 1.29 is 13.7 Å². The highest BCUT2D eigenvalue weighted by atomic mass is 14.2. The molecule has 0 aliphatic heterocycles. The van der Waals surface area contributed by atoms with Crippen LogP contribution in [0.3, 0.4) is 0 Å². The van der Waals surface area contributed by atoms with Gasteiger partial charge in [-0.3, -0.25) is 0 Å². The molecule has 0 heterocycles. The van der Waals surface area contributed by atoms with Gasteiger partial charge in [-0.05, 0) is 98.0 Å². The van der Waals surface area contributed by atoms with E-state index in [9.17, 15) is 0 Å². The maximum Gasteiger partial charge on any atom is 0.0629 e. The second kappa shape index (κ2) is 9.76. The van der Waals surface area contributed by atoms with Crippen LogP contribution in [0.2, 0.25) is 0 Å². The molecular weight excluding hydrogens is 553 g/mol. The highest BCUT2D eigenvalue weighted by molar-refractivity contribution is 6.33. The molecule has 10 aromatic carbocycles. The molecule has 0 radical (unpaired) electrons. The van der Waals surface area contributed by atoms with Gasteiger partial charge in [-0.15, -0.1) is 0 Å². The zero-order valence-corrected chi connectivity index (χ0v) is 24.4. The SMILES string of the molecule is [2H]c1c([2H])c([2H])c(-c2c3ccccc3c(-c3ccc4ccc5c(-c6c([2H])c([2H])c([2H])c([2H])c6[2H])ccc6ccc3c4c65)c3c2ccc2ccccc23)c([2H])c1[2H]. The lowest BCUT2D eigenvalue weighted by Crippen LogP contribution is -1.94. The van der Waals surface area contributed by atoms with E-state index in [2.05, 4.69) is 30.3 Å². The van der Waals surface area contributed by atoms with Crippen molar-refractivity contribution in [3.63, 3.8) is 0 Å². The molecule has 0 heteroatoms. The normalized spacial score (nSPS) is 15.0. The number of hydrogen-bond donors (Lipinski definition) is 0. The van der Waals surface area contributed by atoms with E-state index in [1.807, 2.05) is 78.9 Å². The van der Waals surface area contributed by atoms with Crippen LogP contribution in [0, 0.1) is 0 Å². The second-order valence-corrected chi connectivity index (χ2v) is 11.7. The minimum atomic E-state index is -0.442. The number of fused-ring (bicyclic) bond motifs is 4. The maximum atomic E-state index is 9.05. The lowest BCUT2D eigenvalue weighted by Gasteiger charge is -2.21. The van der Waals surface area contributed by atoms with Gasteiger partial charge in [0, 0.05) is 0 Å². The van der Waals surface area contributed by atoms with Crippen molar-refractivity contribution in [1.82, 2.24) is 0 Å². The summed E-state index contributed by atoms with van der Waals surface area (Å²) >= 11 is 0. The molecular formula is C46H28. The van der Waals surface area contributed by atoms with E-state index in [0.717, 1.165) is 75.8 Å². The molecule has 212 valence electrons. The number of rotatable bonds is 3. The maximum absolute atomic E-state index is 9.05. The predicted octanol–water partition coefficient (Wildman–Crippen LogP) is 13.0. The topological polar surface area (TPSA) is 0 Å². The molecule has 0 atom stereocenters. The van der Waals surface area contributed by atoms with E-state index in [0.29, 0.717) is 11.1 Å². The van der Waals surface area contributed by atoms with E-state index in [4.69, 9.17) is 13.7 Å². The Hall–Kier alpha value is -5.98. The van der Waals surface area contributed by atoms with Crippen LogP contribution in [-0.2, 0) is 0 Å². The first kappa shape index (κ1) is 17.5. The Kier molecular flexibility index (Phi) is 3.71. The quantitative estimate of drug-likeness (QED) is 0.142. The summed E-state index contributed by atoms with van der Waals surface area (Å²) in [6, 6.07) is 32.6. The summed E-state index contributed by atoms with van der Waals surface area (Å²) in [6.07, 6.45) is 0. The van der Waals surface area contributed by atoms with Crippen LogP contribution in [0.1, 0.15) is 13.7 Å². The van der Waals surface area contributed by atoms with Gasteiger partial charge in [0.25, 0.3) is 0 Å². The van der Waals surface area contributed by atoms with Gasteiger partial charge < -0.3 is 0 Å².